The maximum atomic E-state index is 5.92. The van der Waals surface area contributed by atoms with Crippen LogP contribution in [0.1, 0.15) is 26.2 Å². The SMILES string of the molecule is CC1CCCN(c2cc(N)cc(Cl)n2)CC1. The Hall–Kier alpha value is -0.960. The van der Waals surface area contributed by atoms with Crippen LogP contribution in [-0.4, -0.2) is 18.1 Å². The van der Waals surface area contributed by atoms with Crippen LogP contribution in [0.2, 0.25) is 5.15 Å². The topological polar surface area (TPSA) is 42.1 Å². The first kappa shape index (κ1) is 11.5. The van der Waals surface area contributed by atoms with Gasteiger partial charge in [0.15, 0.2) is 0 Å². The maximum Gasteiger partial charge on any atom is 0.133 e. The first-order valence-corrected chi connectivity index (χ1v) is 6.21. The summed E-state index contributed by atoms with van der Waals surface area (Å²) in [5, 5.41) is 0.479. The van der Waals surface area contributed by atoms with E-state index in [1.165, 1.54) is 19.3 Å². The largest absolute Gasteiger partial charge is 0.399 e. The third kappa shape index (κ3) is 2.79. The minimum absolute atomic E-state index is 0.479. The zero-order valence-electron chi connectivity index (χ0n) is 9.62. The van der Waals surface area contributed by atoms with Gasteiger partial charge in [0.1, 0.15) is 11.0 Å². The van der Waals surface area contributed by atoms with Gasteiger partial charge in [0.05, 0.1) is 0 Å². The second-order valence-electron chi connectivity index (χ2n) is 4.60. The van der Waals surface area contributed by atoms with Gasteiger partial charge in [0, 0.05) is 24.8 Å². The molecule has 16 heavy (non-hydrogen) atoms. The van der Waals surface area contributed by atoms with Gasteiger partial charge in [-0.1, -0.05) is 18.5 Å². The number of aromatic nitrogens is 1. The maximum absolute atomic E-state index is 5.92. The quantitative estimate of drug-likeness (QED) is 0.767. The Morgan fingerprint density at radius 1 is 1.38 bits per heavy atom. The van der Waals surface area contributed by atoms with Crippen LogP contribution in [0.3, 0.4) is 0 Å². The van der Waals surface area contributed by atoms with Crippen molar-refractivity contribution in [1.29, 1.82) is 0 Å². The van der Waals surface area contributed by atoms with Crippen molar-refractivity contribution in [2.45, 2.75) is 26.2 Å². The molecule has 1 aromatic rings. The summed E-state index contributed by atoms with van der Waals surface area (Å²) in [6, 6.07) is 3.59. The van der Waals surface area contributed by atoms with Gasteiger partial charge in [-0.2, -0.15) is 0 Å². The highest BCUT2D eigenvalue weighted by atomic mass is 35.5. The summed E-state index contributed by atoms with van der Waals surface area (Å²) < 4.78 is 0. The van der Waals surface area contributed by atoms with Gasteiger partial charge in [-0.15, -0.1) is 0 Å². The number of rotatable bonds is 1. The van der Waals surface area contributed by atoms with Crippen molar-refractivity contribution in [1.82, 2.24) is 4.98 Å². The third-order valence-corrected chi connectivity index (χ3v) is 3.34. The highest BCUT2D eigenvalue weighted by Crippen LogP contribution is 2.24. The van der Waals surface area contributed by atoms with Crippen molar-refractivity contribution < 1.29 is 0 Å². The zero-order valence-corrected chi connectivity index (χ0v) is 10.4. The molecule has 0 aliphatic carbocycles. The van der Waals surface area contributed by atoms with Crippen LogP contribution in [0.5, 0.6) is 0 Å². The molecule has 0 bridgehead atoms. The van der Waals surface area contributed by atoms with Crippen molar-refractivity contribution >= 4 is 23.1 Å². The van der Waals surface area contributed by atoms with Crippen molar-refractivity contribution in [3.05, 3.63) is 17.3 Å². The second kappa shape index (κ2) is 4.91. The average Bonchev–Trinajstić information content (AvgIpc) is 2.41. The van der Waals surface area contributed by atoms with E-state index in [4.69, 9.17) is 17.3 Å². The lowest BCUT2D eigenvalue weighted by atomic mass is 10.0. The van der Waals surface area contributed by atoms with Crippen molar-refractivity contribution in [3.63, 3.8) is 0 Å². The summed E-state index contributed by atoms with van der Waals surface area (Å²) in [5.74, 6) is 1.72. The van der Waals surface area contributed by atoms with Gasteiger partial charge >= 0.3 is 0 Å². The van der Waals surface area contributed by atoms with Crippen LogP contribution >= 0.6 is 11.6 Å². The van der Waals surface area contributed by atoms with E-state index < -0.39 is 0 Å². The monoisotopic (exact) mass is 239 g/mol. The smallest absolute Gasteiger partial charge is 0.133 e. The van der Waals surface area contributed by atoms with Crippen LogP contribution in [0.15, 0.2) is 12.1 Å². The molecular formula is C12H18ClN3. The fourth-order valence-corrected chi connectivity index (χ4v) is 2.37. The van der Waals surface area contributed by atoms with Gasteiger partial charge < -0.3 is 10.6 Å². The summed E-state index contributed by atoms with van der Waals surface area (Å²) in [4.78, 5) is 6.62. The molecule has 1 unspecified atom stereocenters. The Morgan fingerprint density at radius 3 is 2.94 bits per heavy atom. The highest BCUT2D eigenvalue weighted by Gasteiger charge is 2.15. The molecular weight excluding hydrogens is 222 g/mol. The molecule has 0 amide bonds. The molecule has 1 aliphatic rings. The lowest BCUT2D eigenvalue weighted by molar-refractivity contribution is 0.521. The van der Waals surface area contributed by atoms with Gasteiger partial charge in [0.2, 0.25) is 0 Å². The number of nitrogen functional groups attached to an aromatic ring is 1. The molecule has 2 N–H and O–H groups in total. The lowest BCUT2D eigenvalue weighted by Crippen LogP contribution is -2.25. The number of nitrogens with zero attached hydrogens (tertiary/aromatic N) is 2. The van der Waals surface area contributed by atoms with Crippen molar-refractivity contribution in [3.8, 4) is 0 Å². The molecule has 0 radical (unpaired) electrons. The average molecular weight is 240 g/mol. The predicted molar refractivity (Wildman–Crippen MR) is 68.9 cm³/mol. The minimum Gasteiger partial charge on any atom is -0.399 e. The molecule has 2 rings (SSSR count). The molecule has 0 aromatic carbocycles. The molecule has 4 heteroatoms. The lowest BCUT2D eigenvalue weighted by Gasteiger charge is -2.21. The predicted octanol–water partition coefficient (Wildman–Crippen LogP) is 2.94. The highest BCUT2D eigenvalue weighted by molar-refractivity contribution is 6.29. The Bertz CT molecular complexity index is 347. The van der Waals surface area contributed by atoms with Gasteiger partial charge in [-0.25, -0.2) is 4.98 Å². The van der Waals surface area contributed by atoms with Crippen molar-refractivity contribution in [2.24, 2.45) is 5.92 Å². The van der Waals surface area contributed by atoms with E-state index in [9.17, 15) is 0 Å². The molecule has 0 spiro atoms. The van der Waals surface area contributed by atoms with E-state index in [0.29, 0.717) is 10.8 Å². The van der Waals surface area contributed by atoms with E-state index in [1.807, 2.05) is 6.07 Å². The van der Waals surface area contributed by atoms with Gasteiger partial charge in [-0.3, -0.25) is 0 Å². The van der Waals surface area contributed by atoms with Crippen LogP contribution in [0, 0.1) is 5.92 Å². The van der Waals surface area contributed by atoms with Crippen molar-refractivity contribution in [2.75, 3.05) is 23.7 Å². The summed E-state index contributed by atoms with van der Waals surface area (Å²) in [5.41, 5.74) is 6.47. The van der Waals surface area contributed by atoms with Gasteiger partial charge in [-0.05, 0) is 31.2 Å². The summed E-state index contributed by atoms with van der Waals surface area (Å²) in [6.07, 6.45) is 3.73. The molecule has 0 saturated carbocycles. The van der Waals surface area contributed by atoms with E-state index in [0.717, 1.165) is 24.8 Å². The first-order valence-electron chi connectivity index (χ1n) is 5.83. The Balaban J connectivity index is 2.16. The number of nitrogens with two attached hydrogens (primary N) is 1. The molecule has 1 fully saturated rings. The molecule has 1 saturated heterocycles. The second-order valence-corrected chi connectivity index (χ2v) is 4.99. The number of hydrogen-bond acceptors (Lipinski definition) is 3. The van der Waals surface area contributed by atoms with E-state index >= 15 is 0 Å². The normalized spacial score (nSPS) is 21.9. The Kier molecular flexibility index (Phi) is 3.54. The number of halogens is 1. The summed E-state index contributed by atoms with van der Waals surface area (Å²) >= 11 is 5.92. The van der Waals surface area contributed by atoms with E-state index in [-0.39, 0.29) is 0 Å². The molecule has 2 heterocycles. The molecule has 1 aromatic heterocycles. The molecule has 1 atom stereocenters. The third-order valence-electron chi connectivity index (χ3n) is 3.14. The van der Waals surface area contributed by atoms with Crippen LogP contribution in [0.4, 0.5) is 11.5 Å². The van der Waals surface area contributed by atoms with Crippen LogP contribution in [0.25, 0.3) is 0 Å². The number of anilines is 2. The van der Waals surface area contributed by atoms with Crippen LogP contribution in [-0.2, 0) is 0 Å². The standard InChI is InChI=1S/C12H18ClN3/c1-9-3-2-5-16(6-4-9)12-8-10(14)7-11(13)15-12/h7-9H,2-6H2,1H3,(H2,14,15). The van der Waals surface area contributed by atoms with E-state index in [2.05, 4.69) is 16.8 Å². The number of hydrogen-bond donors (Lipinski definition) is 1. The fraction of sp³-hybridized carbons (Fsp3) is 0.583. The molecule has 88 valence electrons. The molecule has 1 aliphatic heterocycles. The van der Waals surface area contributed by atoms with Crippen LogP contribution < -0.4 is 10.6 Å². The number of pyridine rings is 1. The van der Waals surface area contributed by atoms with E-state index in [1.54, 1.807) is 6.07 Å². The first-order chi connectivity index (χ1) is 7.65. The fourth-order valence-electron chi connectivity index (χ4n) is 2.16. The zero-order chi connectivity index (χ0) is 11.5. The Morgan fingerprint density at radius 2 is 2.19 bits per heavy atom. The van der Waals surface area contributed by atoms with Gasteiger partial charge in [0.25, 0.3) is 0 Å². The minimum atomic E-state index is 0.479. The summed E-state index contributed by atoms with van der Waals surface area (Å²) in [6.45, 7) is 4.41. The summed E-state index contributed by atoms with van der Waals surface area (Å²) in [7, 11) is 0. The Labute approximate surface area is 102 Å². The molecule has 3 nitrogen and oxygen atoms in total.